The lowest BCUT2D eigenvalue weighted by molar-refractivity contribution is 0.121. The molecule has 1 aromatic carbocycles. The van der Waals surface area contributed by atoms with Crippen LogP contribution in [0.15, 0.2) is 24.3 Å². The van der Waals surface area contributed by atoms with Gasteiger partial charge in [-0.25, -0.2) is 4.79 Å². The van der Waals surface area contributed by atoms with Gasteiger partial charge in [-0.3, -0.25) is 0 Å². The molecule has 0 radical (unpaired) electrons. The van der Waals surface area contributed by atoms with Gasteiger partial charge in [0.05, 0.1) is 7.11 Å². The van der Waals surface area contributed by atoms with E-state index in [-0.39, 0.29) is 6.09 Å². The predicted molar refractivity (Wildman–Crippen MR) is 57.6 cm³/mol. The van der Waals surface area contributed by atoms with E-state index in [0.717, 1.165) is 19.4 Å². The largest absolute Gasteiger partial charge is 0.453 e. The fourth-order valence-electron chi connectivity index (χ4n) is 1.99. The summed E-state index contributed by atoms with van der Waals surface area (Å²) in [7, 11) is 1.43. The van der Waals surface area contributed by atoms with E-state index in [1.165, 1.54) is 18.2 Å². The number of carbonyl (C=O) groups is 1. The molecule has 1 aliphatic rings. The van der Waals surface area contributed by atoms with Gasteiger partial charge in [-0.05, 0) is 24.0 Å². The highest BCUT2D eigenvalue weighted by Gasteiger charge is 2.18. The number of fused-ring (bicyclic) bond motifs is 1. The molecule has 3 heteroatoms. The highest BCUT2D eigenvalue weighted by Crippen LogP contribution is 2.18. The zero-order valence-corrected chi connectivity index (χ0v) is 8.90. The minimum Gasteiger partial charge on any atom is -0.453 e. The van der Waals surface area contributed by atoms with Gasteiger partial charge in [0.1, 0.15) is 0 Å². The van der Waals surface area contributed by atoms with Gasteiger partial charge in [0.2, 0.25) is 0 Å². The van der Waals surface area contributed by atoms with E-state index in [9.17, 15) is 4.79 Å². The molecule has 1 amide bonds. The molecule has 2 rings (SSSR count). The molecule has 1 aliphatic heterocycles. The number of ether oxygens (including phenoxy) is 1. The fourth-order valence-corrected chi connectivity index (χ4v) is 1.99. The van der Waals surface area contributed by atoms with Gasteiger partial charge in [0, 0.05) is 13.1 Å². The molecule has 3 nitrogen and oxygen atoms in total. The van der Waals surface area contributed by atoms with Crippen LogP contribution in [0.3, 0.4) is 0 Å². The van der Waals surface area contributed by atoms with E-state index in [1.807, 2.05) is 12.1 Å². The lowest BCUT2D eigenvalue weighted by Crippen LogP contribution is -2.30. The van der Waals surface area contributed by atoms with Gasteiger partial charge in [-0.1, -0.05) is 24.3 Å². The Labute approximate surface area is 89.7 Å². The van der Waals surface area contributed by atoms with Crippen molar-refractivity contribution in [3.05, 3.63) is 35.4 Å². The Balaban J connectivity index is 2.21. The number of amides is 1. The molecular formula is C12H15NO2. The first-order chi connectivity index (χ1) is 7.31. The second-order valence-corrected chi connectivity index (χ2v) is 3.76. The Hall–Kier alpha value is -1.51. The predicted octanol–water partition coefficient (Wildman–Crippen LogP) is 2.20. The van der Waals surface area contributed by atoms with E-state index in [4.69, 9.17) is 4.74 Å². The molecule has 0 N–H and O–H groups in total. The first-order valence-corrected chi connectivity index (χ1v) is 5.21. The summed E-state index contributed by atoms with van der Waals surface area (Å²) >= 11 is 0. The standard InChI is InChI=1S/C12H15NO2/c1-15-12(14)13-8-4-7-10-5-2-3-6-11(10)9-13/h2-3,5-6H,4,7-9H2,1H3. The molecule has 0 fully saturated rings. The number of carbonyl (C=O) groups excluding carboxylic acids is 1. The van der Waals surface area contributed by atoms with Gasteiger partial charge in [-0.2, -0.15) is 0 Å². The normalized spacial score (nSPS) is 15.4. The highest BCUT2D eigenvalue weighted by atomic mass is 16.5. The second-order valence-electron chi connectivity index (χ2n) is 3.76. The first-order valence-electron chi connectivity index (χ1n) is 5.21. The average Bonchev–Trinajstić information content (AvgIpc) is 2.49. The van der Waals surface area contributed by atoms with Crippen molar-refractivity contribution >= 4 is 6.09 Å². The molecule has 0 saturated carbocycles. The molecule has 1 heterocycles. The van der Waals surface area contributed by atoms with Crippen LogP contribution in [0.1, 0.15) is 17.5 Å². The Bertz CT molecular complexity index is 362. The van der Waals surface area contributed by atoms with Crippen LogP contribution in [0.4, 0.5) is 4.79 Å². The van der Waals surface area contributed by atoms with Crippen LogP contribution in [0.2, 0.25) is 0 Å². The van der Waals surface area contributed by atoms with Gasteiger partial charge in [0.25, 0.3) is 0 Å². The quantitative estimate of drug-likeness (QED) is 0.649. The van der Waals surface area contributed by atoms with Crippen molar-refractivity contribution in [2.24, 2.45) is 0 Å². The summed E-state index contributed by atoms with van der Waals surface area (Å²) in [6.07, 6.45) is 1.82. The van der Waals surface area contributed by atoms with Gasteiger partial charge in [0.15, 0.2) is 0 Å². The number of aryl methyl sites for hydroxylation is 1. The second kappa shape index (κ2) is 4.34. The Kier molecular flexibility index (Phi) is 2.90. The maximum atomic E-state index is 11.4. The fraction of sp³-hybridized carbons (Fsp3) is 0.417. The first kappa shape index (κ1) is 10.0. The summed E-state index contributed by atoms with van der Waals surface area (Å²) in [4.78, 5) is 13.2. The highest BCUT2D eigenvalue weighted by molar-refractivity contribution is 5.67. The monoisotopic (exact) mass is 205 g/mol. The number of methoxy groups -OCH3 is 1. The van der Waals surface area contributed by atoms with Crippen LogP contribution in [0.25, 0.3) is 0 Å². The topological polar surface area (TPSA) is 29.5 Å². The summed E-state index contributed by atoms with van der Waals surface area (Å²) in [6, 6.07) is 8.28. The third kappa shape index (κ3) is 2.12. The van der Waals surface area contributed by atoms with Crippen LogP contribution in [0.5, 0.6) is 0 Å². The lowest BCUT2D eigenvalue weighted by Gasteiger charge is -2.18. The van der Waals surface area contributed by atoms with Crippen molar-refractivity contribution in [3.8, 4) is 0 Å². The zero-order chi connectivity index (χ0) is 10.7. The average molecular weight is 205 g/mol. The smallest absolute Gasteiger partial charge is 0.409 e. The minimum absolute atomic E-state index is 0.230. The Morgan fingerprint density at radius 1 is 1.33 bits per heavy atom. The van der Waals surface area contributed by atoms with E-state index in [0.29, 0.717) is 6.54 Å². The summed E-state index contributed by atoms with van der Waals surface area (Å²) in [5.74, 6) is 0. The van der Waals surface area contributed by atoms with Crippen LogP contribution in [-0.2, 0) is 17.7 Å². The van der Waals surface area contributed by atoms with E-state index in [2.05, 4.69) is 12.1 Å². The van der Waals surface area contributed by atoms with Crippen molar-refractivity contribution in [1.82, 2.24) is 4.90 Å². The molecular weight excluding hydrogens is 190 g/mol. The van der Waals surface area contributed by atoms with E-state index in [1.54, 1.807) is 4.90 Å². The molecule has 0 aliphatic carbocycles. The van der Waals surface area contributed by atoms with Crippen LogP contribution in [0, 0.1) is 0 Å². The van der Waals surface area contributed by atoms with Crippen molar-refractivity contribution in [2.45, 2.75) is 19.4 Å². The molecule has 15 heavy (non-hydrogen) atoms. The van der Waals surface area contributed by atoms with E-state index >= 15 is 0 Å². The van der Waals surface area contributed by atoms with Crippen LogP contribution in [-0.4, -0.2) is 24.6 Å². The molecule has 0 atom stereocenters. The van der Waals surface area contributed by atoms with Crippen LogP contribution < -0.4 is 0 Å². The zero-order valence-electron chi connectivity index (χ0n) is 8.90. The Morgan fingerprint density at radius 3 is 2.80 bits per heavy atom. The summed E-state index contributed by atoms with van der Waals surface area (Å²) in [5.41, 5.74) is 2.59. The van der Waals surface area contributed by atoms with Crippen molar-refractivity contribution in [1.29, 1.82) is 0 Å². The molecule has 0 unspecified atom stereocenters. The van der Waals surface area contributed by atoms with Gasteiger partial charge >= 0.3 is 6.09 Å². The molecule has 0 bridgehead atoms. The molecule has 0 saturated heterocycles. The number of hydrogen-bond donors (Lipinski definition) is 0. The van der Waals surface area contributed by atoms with Crippen molar-refractivity contribution < 1.29 is 9.53 Å². The molecule has 1 aromatic rings. The van der Waals surface area contributed by atoms with E-state index < -0.39 is 0 Å². The third-order valence-corrected chi connectivity index (χ3v) is 2.79. The number of rotatable bonds is 0. The van der Waals surface area contributed by atoms with Crippen LogP contribution >= 0.6 is 0 Å². The summed E-state index contributed by atoms with van der Waals surface area (Å²) in [5, 5.41) is 0. The number of benzene rings is 1. The third-order valence-electron chi connectivity index (χ3n) is 2.79. The molecule has 0 spiro atoms. The van der Waals surface area contributed by atoms with Crippen molar-refractivity contribution in [3.63, 3.8) is 0 Å². The maximum Gasteiger partial charge on any atom is 0.409 e. The van der Waals surface area contributed by atoms with Crippen molar-refractivity contribution in [2.75, 3.05) is 13.7 Å². The number of nitrogens with zero attached hydrogens (tertiary/aromatic N) is 1. The SMILES string of the molecule is COC(=O)N1CCCc2ccccc2C1. The van der Waals surface area contributed by atoms with Gasteiger partial charge < -0.3 is 9.64 Å². The van der Waals surface area contributed by atoms with Gasteiger partial charge in [-0.15, -0.1) is 0 Å². The molecule has 80 valence electrons. The lowest BCUT2D eigenvalue weighted by atomic mass is 10.0. The Morgan fingerprint density at radius 2 is 2.07 bits per heavy atom. The summed E-state index contributed by atoms with van der Waals surface area (Å²) < 4.78 is 4.75. The summed E-state index contributed by atoms with van der Waals surface area (Å²) in [6.45, 7) is 1.45. The number of hydrogen-bond acceptors (Lipinski definition) is 2. The minimum atomic E-state index is -0.230. The maximum absolute atomic E-state index is 11.4. The molecule has 0 aromatic heterocycles.